The maximum Gasteiger partial charge on any atom is 0.266 e. The molecule has 1 unspecified atom stereocenters. The van der Waals surface area contributed by atoms with Crippen molar-refractivity contribution in [3.8, 4) is 5.69 Å². The van der Waals surface area contributed by atoms with E-state index in [0.29, 0.717) is 28.2 Å². The van der Waals surface area contributed by atoms with Gasteiger partial charge in [0.25, 0.3) is 5.56 Å². The second kappa shape index (κ2) is 8.22. The van der Waals surface area contributed by atoms with E-state index in [2.05, 4.69) is 32.2 Å². The number of aromatic nitrogens is 6. The summed E-state index contributed by atoms with van der Waals surface area (Å²) in [6, 6.07) is 15.2. The molecule has 0 saturated carbocycles. The van der Waals surface area contributed by atoms with E-state index < -0.39 is 0 Å². The van der Waals surface area contributed by atoms with Gasteiger partial charge in [0.2, 0.25) is 0 Å². The molecule has 1 atom stereocenters. The number of nitrogens with one attached hydrogen (secondary N) is 2. The van der Waals surface area contributed by atoms with Crippen molar-refractivity contribution >= 4 is 27.9 Å². The first-order valence-electron chi connectivity index (χ1n) is 10.7. The number of rotatable bonds is 6. The van der Waals surface area contributed by atoms with Crippen LogP contribution in [0.1, 0.15) is 37.2 Å². The number of aromatic amines is 1. The Kier molecular flexibility index (Phi) is 5.10. The number of fused-ring (bicyclic) bond motifs is 2. The number of anilines is 1. The van der Waals surface area contributed by atoms with Crippen molar-refractivity contribution in [3.63, 3.8) is 0 Å². The van der Waals surface area contributed by atoms with Crippen LogP contribution in [-0.2, 0) is 0 Å². The Morgan fingerprint density at radius 2 is 1.91 bits per heavy atom. The van der Waals surface area contributed by atoms with E-state index in [0.717, 1.165) is 29.6 Å². The van der Waals surface area contributed by atoms with Crippen LogP contribution in [0.4, 0.5) is 5.82 Å². The van der Waals surface area contributed by atoms with Crippen molar-refractivity contribution in [2.75, 3.05) is 5.32 Å². The number of imidazole rings is 1. The monoisotopic (exact) mass is 425 g/mol. The molecule has 8 heteroatoms. The SMILES string of the molecule is CCCC(Nc1ncnc2nc[nH]c12)c1nc2cccc(C)c2c(=O)n1-c1ccccc1. The first kappa shape index (κ1) is 19.9. The van der Waals surface area contributed by atoms with E-state index >= 15 is 0 Å². The fourth-order valence-corrected chi connectivity index (χ4v) is 4.07. The lowest BCUT2D eigenvalue weighted by Gasteiger charge is -2.23. The normalized spacial score (nSPS) is 12.3. The van der Waals surface area contributed by atoms with E-state index in [1.807, 2.05) is 55.5 Å². The van der Waals surface area contributed by atoms with Gasteiger partial charge in [0.15, 0.2) is 11.5 Å². The van der Waals surface area contributed by atoms with Gasteiger partial charge in [0.05, 0.1) is 29.0 Å². The Labute approximate surface area is 184 Å². The van der Waals surface area contributed by atoms with Gasteiger partial charge in [-0.25, -0.2) is 19.9 Å². The molecule has 2 N–H and O–H groups in total. The molecule has 2 aromatic carbocycles. The molecule has 5 aromatic rings. The van der Waals surface area contributed by atoms with Crippen LogP contribution in [-0.4, -0.2) is 29.5 Å². The molecule has 160 valence electrons. The maximum atomic E-state index is 13.8. The summed E-state index contributed by atoms with van der Waals surface area (Å²) in [5.41, 5.74) is 3.61. The zero-order valence-corrected chi connectivity index (χ0v) is 17.9. The number of aryl methyl sites for hydroxylation is 1. The fraction of sp³-hybridized carbons (Fsp3) is 0.208. The Morgan fingerprint density at radius 1 is 1.06 bits per heavy atom. The topological polar surface area (TPSA) is 101 Å². The molecule has 0 fully saturated rings. The molecule has 5 rings (SSSR count). The molecule has 0 saturated heterocycles. The maximum absolute atomic E-state index is 13.8. The van der Waals surface area contributed by atoms with Gasteiger partial charge in [-0.1, -0.05) is 43.7 Å². The lowest BCUT2D eigenvalue weighted by Crippen LogP contribution is -2.29. The van der Waals surface area contributed by atoms with Gasteiger partial charge < -0.3 is 10.3 Å². The predicted octanol–water partition coefficient (Wildman–Crippen LogP) is 4.31. The van der Waals surface area contributed by atoms with Crippen molar-refractivity contribution in [3.05, 3.63) is 82.9 Å². The van der Waals surface area contributed by atoms with E-state index in [1.54, 1.807) is 10.9 Å². The zero-order chi connectivity index (χ0) is 22.1. The average molecular weight is 425 g/mol. The van der Waals surface area contributed by atoms with Crippen LogP contribution in [0.5, 0.6) is 0 Å². The van der Waals surface area contributed by atoms with Crippen LogP contribution < -0.4 is 10.9 Å². The van der Waals surface area contributed by atoms with Crippen LogP contribution in [0.15, 0.2) is 66.0 Å². The third kappa shape index (κ3) is 3.39. The molecule has 3 aromatic heterocycles. The van der Waals surface area contributed by atoms with Crippen molar-refractivity contribution in [2.45, 2.75) is 32.7 Å². The molecule has 0 aliphatic carbocycles. The summed E-state index contributed by atoms with van der Waals surface area (Å²) in [4.78, 5) is 34.7. The summed E-state index contributed by atoms with van der Waals surface area (Å²) >= 11 is 0. The number of para-hydroxylation sites is 1. The van der Waals surface area contributed by atoms with Gasteiger partial charge in [-0.05, 0) is 37.1 Å². The van der Waals surface area contributed by atoms with Crippen LogP contribution in [0, 0.1) is 6.92 Å². The molecule has 0 aliphatic heterocycles. The highest BCUT2D eigenvalue weighted by Crippen LogP contribution is 2.27. The lowest BCUT2D eigenvalue weighted by molar-refractivity contribution is 0.616. The molecular formula is C24H23N7O. The first-order valence-corrected chi connectivity index (χ1v) is 10.7. The summed E-state index contributed by atoms with van der Waals surface area (Å²) in [5.74, 6) is 1.27. The second-order valence-corrected chi connectivity index (χ2v) is 7.72. The fourth-order valence-electron chi connectivity index (χ4n) is 4.07. The van der Waals surface area contributed by atoms with Gasteiger partial charge in [-0.15, -0.1) is 0 Å². The molecule has 0 aliphatic rings. The first-order chi connectivity index (χ1) is 15.7. The van der Waals surface area contributed by atoms with Gasteiger partial charge in [-0.2, -0.15) is 0 Å². The molecule has 0 bridgehead atoms. The number of hydrogen-bond donors (Lipinski definition) is 2. The van der Waals surface area contributed by atoms with Crippen molar-refractivity contribution < 1.29 is 0 Å². The quantitative estimate of drug-likeness (QED) is 0.420. The number of hydrogen-bond acceptors (Lipinski definition) is 6. The van der Waals surface area contributed by atoms with E-state index in [1.165, 1.54) is 6.33 Å². The van der Waals surface area contributed by atoms with Crippen molar-refractivity contribution in [1.29, 1.82) is 0 Å². The van der Waals surface area contributed by atoms with Crippen molar-refractivity contribution in [1.82, 2.24) is 29.5 Å². The molecule has 0 amide bonds. The highest BCUT2D eigenvalue weighted by atomic mass is 16.1. The Morgan fingerprint density at radius 3 is 2.72 bits per heavy atom. The van der Waals surface area contributed by atoms with Crippen molar-refractivity contribution in [2.24, 2.45) is 0 Å². The van der Waals surface area contributed by atoms with E-state index in [-0.39, 0.29) is 11.6 Å². The predicted molar refractivity (Wildman–Crippen MR) is 125 cm³/mol. The smallest absolute Gasteiger partial charge is 0.266 e. The minimum atomic E-state index is -0.251. The number of benzene rings is 2. The third-order valence-electron chi connectivity index (χ3n) is 5.57. The number of nitrogens with zero attached hydrogens (tertiary/aromatic N) is 5. The summed E-state index contributed by atoms with van der Waals surface area (Å²) in [6.07, 6.45) is 4.73. The third-order valence-corrected chi connectivity index (χ3v) is 5.57. The number of H-pyrrole nitrogens is 1. The van der Waals surface area contributed by atoms with E-state index in [9.17, 15) is 4.79 Å². The van der Waals surface area contributed by atoms with Gasteiger partial charge in [0, 0.05) is 0 Å². The van der Waals surface area contributed by atoms with Gasteiger partial charge in [-0.3, -0.25) is 9.36 Å². The summed E-state index contributed by atoms with van der Waals surface area (Å²) in [5, 5.41) is 4.13. The lowest BCUT2D eigenvalue weighted by atomic mass is 10.1. The molecule has 0 spiro atoms. The summed E-state index contributed by atoms with van der Waals surface area (Å²) in [6.45, 7) is 4.05. The Bertz CT molecular complexity index is 1460. The summed E-state index contributed by atoms with van der Waals surface area (Å²) in [7, 11) is 0. The molecule has 3 heterocycles. The van der Waals surface area contributed by atoms with Gasteiger partial charge >= 0.3 is 0 Å². The second-order valence-electron chi connectivity index (χ2n) is 7.72. The van der Waals surface area contributed by atoms with Crippen LogP contribution in [0.3, 0.4) is 0 Å². The standard InChI is InChI=1S/C24H23N7O/c1-3-8-18(29-22-20-21(26-13-25-20)27-14-28-22)23-30-17-12-7-9-15(2)19(17)24(32)31(23)16-10-5-4-6-11-16/h4-7,9-14,18H,3,8H2,1-2H3,(H2,25,26,27,28,29). The average Bonchev–Trinajstić information content (AvgIpc) is 3.29. The highest BCUT2D eigenvalue weighted by molar-refractivity contribution is 5.83. The molecular weight excluding hydrogens is 402 g/mol. The zero-order valence-electron chi connectivity index (χ0n) is 17.9. The molecule has 0 radical (unpaired) electrons. The minimum Gasteiger partial charge on any atom is -0.358 e. The van der Waals surface area contributed by atoms with Crippen LogP contribution in [0.2, 0.25) is 0 Å². The van der Waals surface area contributed by atoms with E-state index in [4.69, 9.17) is 4.98 Å². The Hall–Kier alpha value is -4.07. The largest absolute Gasteiger partial charge is 0.358 e. The van der Waals surface area contributed by atoms with Crippen LogP contribution in [0.25, 0.3) is 27.8 Å². The summed E-state index contributed by atoms with van der Waals surface area (Å²) < 4.78 is 1.72. The Balaban J connectivity index is 1.74. The molecule has 8 nitrogen and oxygen atoms in total. The minimum absolute atomic E-state index is 0.0772. The molecule has 32 heavy (non-hydrogen) atoms. The van der Waals surface area contributed by atoms with Gasteiger partial charge in [0.1, 0.15) is 17.7 Å². The van der Waals surface area contributed by atoms with Crippen LogP contribution >= 0.6 is 0 Å². The highest BCUT2D eigenvalue weighted by Gasteiger charge is 2.23.